The summed E-state index contributed by atoms with van der Waals surface area (Å²) in [7, 11) is 0. The fraction of sp³-hybridized carbons (Fsp3) is 0.417. The molecule has 98 valence electrons. The van der Waals surface area contributed by atoms with Crippen molar-refractivity contribution < 1.29 is 9.90 Å². The van der Waals surface area contributed by atoms with Crippen LogP contribution in [0.5, 0.6) is 0 Å². The summed E-state index contributed by atoms with van der Waals surface area (Å²) in [6.45, 7) is 0.255. The summed E-state index contributed by atoms with van der Waals surface area (Å²) in [4.78, 5) is 11.6. The molecule has 0 aliphatic heterocycles. The van der Waals surface area contributed by atoms with Crippen LogP contribution in [0.25, 0.3) is 0 Å². The van der Waals surface area contributed by atoms with Gasteiger partial charge in [-0.1, -0.05) is 23.2 Å². The summed E-state index contributed by atoms with van der Waals surface area (Å²) in [6, 6.07) is 4.41. The molecule has 1 aromatic rings. The lowest BCUT2D eigenvalue weighted by molar-refractivity contribution is 0.150. The Morgan fingerprint density at radius 3 is 2.50 bits per heavy atom. The highest BCUT2D eigenvalue weighted by Crippen LogP contribution is 2.32. The minimum Gasteiger partial charge on any atom is -0.391 e. The molecular formula is C12H14Cl2N2O2. The van der Waals surface area contributed by atoms with Crippen LogP contribution in [-0.2, 0) is 0 Å². The molecule has 4 nitrogen and oxygen atoms in total. The van der Waals surface area contributed by atoms with Gasteiger partial charge in [0.2, 0.25) is 0 Å². The zero-order chi connectivity index (χ0) is 13.1. The number of hydrogen-bond donors (Lipinski definition) is 3. The van der Waals surface area contributed by atoms with Gasteiger partial charge in [-0.3, -0.25) is 0 Å². The molecule has 0 spiro atoms. The van der Waals surface area contributed by atoms with Crippen LogP contribution in [0.15, 0.2) is 18.2 Å². The van der Waals surface area contributed by atoms with E-state index in [1.54, 1.807) is 18.2 Å². The second-order valence-corrected chi connectivity index (χ2v) is 5.27. The van der Waals surface area contributed by atoms with Crippen molar-refractivity contribution in [2.24, 2.45) is 5.92 Å². The van der Waals surface area contributed by atoms with Crippen LogP contribution in [0.3, 0.4) is 0 Å². The van der Waals surface area contributed by atoms with Crippen LogP contribution >= 0.6 is 23.2 Å². The molecule has 1 unspecified atom stereocenters. The Bertz CT molecular complexity index is 429. The number of nitrogens with one attached hydrogen (secondary N) is 2. The lowest BCUT2D eigenvalue weighted by atomic mass is 10.2. The fourth-order valence-corrected chi connectivity index (χ4v) is 2.17. The molecule has 0 radical (unpaired) electrons. The number of benzene rings is 1. The van der Waals surface area contributed by atoms with Crippen molar-refractivity contribution >= 4 is 34.9 Å². The molecule has 18 heavy (non-hydrogen) atoms. The second kappa shape index (κ2) is 5.78. The number of halogens is 2. The number of rotatable bonds is 4. The van der Waals surface area contributed by atoms with E-state index in [1.165, 1.54) is 0 Å². The molecule has 0 bridgehead atoms. The van der Waals surface area contributed by atoms with Crippen molar-refractivity contribution in [3.63, 3.8) is 0 Å². The predicted octanol–water partition coefficient (Wildman–Crippen LogP) is 2.89. The van der Waals surface area contributed by atoms with Crippen LogP contribution in [0.4, 0.5) is 10.5 Å². The summed E-state index contributed by atoms with van der Waals surface area (Å²) in [5.74, 6) is 0.339. The first-order chi connectivity index (χ1) is 8.54. The molecule has 2 amide bonds. The van der Waals surface area contributed by atoms with Gasteiger partial charge in [-0.2, -0.15) is 0 Å². The van der Waals surface area contributed by atoms with Gasteiger partial charge >= 0.3 is 6.03 Å². The standard InChI is InChI=1S/C12H14Cl2N2O2/c13-8-3-9(14)5-10(4-8)16-12(18)15-6-11(17)7-1-2-7/h3-5,7,11,17H,1-2,6H2,(H2,15,16,18). The number of anilines is 1. The summed E-state index contributed by atoms with van der Waals surface area (Å²) < 4.78 is 0. The number of aliphatic hydroxyl groups excluding tert-OH is 1. The van der Waals surface area contributed by atoms with Crippen molar-refractivity contribution in [3.05, 3.63) is 28.2 Å². The molecule has 0 aromatic heterocycles. The Morgan fingerprint density at radius 1 is 1.33 bits per heavy atom. The molecule has 1 atom stereocenters. The van der Waals surface area contributed by atoms with Crippen LogP contribution in [0.1, 0.15) is 12.8 Å². The van der Waals surface area contributed by atoms with Gasteiger partial charge in [-0.05, 0) is 37.0 Å². The predicted molar refractivity (Wildman–Crippen MR) is 72.2 cm³/mol. The number of carbonyl (C=O) groups excluding carboxylic acids is 1. The summed E-state index contributed by atoms with van der Waals surface area (Å²) >= 11 is 11.6. The zero-order valence-corrected chi connectivity index (χ0v) is 11.1. The average Bonchev–Trinajstić information content (AvgIpc) is 3.08. The van der Waals surface area contributed by atoms with Crippen molar-refractivity contribution in [2.75, 3.05) is 11.9 Å². The van der Waals surface area contributed by atoms with E-state index in [0.717, 1.165) is 12.8 Å². The number of hydrogen-bond acceptors (Lipinski definition) is 2. The Morgan fingerprint density at radius 2 is 1.94 bits per heavy atom. The first kappa shape index (κ1) is 13.5. The summed E-state index contributed by atoms with van der Waals surface area (Å²) in [5.41, 5.74) is 0.519. The van der Waals surface area contributed by atoms with Crippen molar-refractivity contribution in [3.8, 4) is 0 Å². The van der Waals surface area contributed by atoms with Crippen LogP contribution in [-0.4, -0.2) is 23.8 Å². The number of amides is 2. The minimum absolute atomic E-state index is 0.255. The third-order valence-corrected chi connectivity index (χ3v) is 3.19. The molecular weight excluding hydrogens is 275 g/mol. The van der Waals surface area contributed by atoms with Gasteiger partial charge in [0.05, 0.1) is 6.10 Å². The Hall–Kier alpha value is -0.970. The van der Waals surface area contributed by atoms with Gasteiger partial charge in [0.15, 0.2) is 0 Å². The molecule has 0 heterocycles. The van der Waals surface area contributed by atoms with E-state index < -0.39 is 6.10 Å². The highest BCUT2D eigenvalue weighted by molar-refractivity contribution is 6.35. The van der Waals surface area contributed by atoms with E-state index in [4.69, 9.17) is 23.2 Å². The number of carbonyl (C=O) groups is 1. The molecule has 1 aromatic carbocycles. The van der Waals surface area contributed by atoms with Gasteiger partial charge in [-0.15, -0.1) is 0 Å². The van der Waals surface area contributed by atoms with Gasteiger partial charge in [-0.25, -0.2) is 4.79 Å². The van der Waals surface area contributed by atoms with Crippen LogP contribution in [0, 0.1) is 5.92 Å². The molecule has 1 saturated carbocycles. The topological polar surface area (TPSA) is 61.4 Å². The van der Waals surface area contributed by atoms with Crippen molar-refractivity contribution in [1.82, 2.24) is 5.32 Å². The highest BCUT2D eigenvalue weighted by atomic mass is 35.5. The number of urea groups is 1. The quantitative estimate of drug-likeness (QED) is 0.798. The maximum Gasteiger partial charge on any atom is 0.319 e. The maximum atomic E-state index is 11.6. The molecule has 1 fully saturated rings. The van der Waals surface area contributed by atoms with Gasteiger partial charge < -0.3 is 15.7 Å². The van der Waals surface area contributed by atoms with Gasteiger partial charge in [0.25, 0.3) is 0 Å². The Labute approximate surface area is 115 Å². The van der Waals surface area contributed by atoms with E-state index in [0.29, 0.717) is 21.7 Å². The first-order valence-electron chi connectivity index (χ1n) is 5.73. The molecule has 3 N–H and O–H groups in total. The highest BCUT2D eigenvalue weighted by Gasteiger charge is 2.29. The van der Waals surface area contributed by atoms with E-state index in [1.807, 2.05) is 0 Å². The minimum atomic E-state index is -0.460. The molecule has 1 aliphatic rings. The van der Waals surface area contributed by atoms with E-state index in [2.05, 4.69) is 10.6 Å². The van der Waals surface area contributed by atoms with Crippen molar-refractivity contribution in [1.29, 1.82) is 0 Å². The first-order valence-corrected chi connectivity index (χ1v) is 6.49. The summed E-state index contributed by atoms with van der Waals surface area (Å²) in [6.07, 6.45) is 1.61. The van der Waals surface area contributed by atoms with E-state index >= 15 is 0 Å². The average molecular weight is 289 g/mol. The normalized spacial score (nSPS) is 16.2. The summed E-state index contributed by atoms with van der Waals surface area (Å²) in [5, 5.41) is 15.7. The molecule has 6 heteroatoms. The van der Waals surface area contributed by atoms with E-state index in [-0.39, 0.29) is 12.6 Å². The monoisotopic (exact) mass is 288 g/mol. The maximum absolute atomic E-state index is 11.6. The number of aliphatic hydroxyl groups is 1. The van der Waals surface area contributed by atoms with E-state index in [9.17, 15) is 9.90 Å². The molecule has 2 rings (SSSR count). The molecule has 1 aliphatic carbocycles. The lowest BCUT2D eigenvalue weighted by Gasteiger charge is -2.12. The Balaban J connectivity index is 1.82. The zero-order valence-electron chi connectivity index (χ0n) is 9.62. The molecule has 0 saturated heterocycles. The lowest BCUT2D eigenvalue weighted by Crippen LogP contribution is -2.36. The smallest absolute Gasteiger partial charge is 0.319 e. The van der Waals surface area contributed by atoms with Crippen LogP contribution < -0.4 is 10.6 Å². The van der Waals surface area contributed by atoms with Gasteiger partial charge in [0.1, 0.15) is 0 Å². The second-order valence-electron chi connectivity index (χ2n) is 4.40. The van der Waals surface area contributed by atoms with Crippen molar-refractivity contribution in [2.45, 2.75) is 18.9 Å². The largest absolute Gasteiger partial charge is 0.391 e. The third kappa shape index (κ3) is 4.05. The van der Waals surface area contributed by atoms with Crippen LogP contribution in [0.2, 0.25) is 10.0 Å². The SMILES string of the molecule is O=C(NCC(O)C1CC1)Nc1cc(Cl)cc(Cl)c1. The third-order valence-electron chi connectivity index (χ3n) is 2.76. The van der Waals surface area contributed by atoms with Gasteiger partial charge in [0, 0.05) is 22.3 Å². The fourth-order valence-electron chi connectivity index (χ4n) is 1.65. The Kier molecular flexibility index (Phi) is 4.32.